The summed E-state index contributed by atoms with van der Waals surface area (Å²) in [6.07, 6.45) is 0. The molecule has 0 aliphatic carbocycles. The van der Waals surface area contributed by atoms with E-state index in [0.29, 0.717) is 5.25 Å². The van der Waals surface area contributed by atoms with Gasteiger partial charge in [0.25, 0.3) is 0 Å². The first-order valence-electron chi connectivity index (χ1n) is 4.91. The molecule has 0 spiro atoms. The van der Waals surface area contributed by atoms with Gasteiger partial charge >= 0.3 is 0 Å². The quantitative estimate of drug-likeness (QED) is 0.693. The predicted octanol–water partition coefficient (Wildman–Crippen LogP) is -0.0759. The Morgan fingerprint density at radius 3 is 2.92 bits per heavy atom. The molecule has 13 heavy (non-hydrogen) atoms. The molecule has 1 fully saturated rings. The molecule has 0 aromatic heterocycles. The van der Waals surface area contributed by atoms with Crippen LogP contribution in [0.4, 0.5) is 0 Å². The Labute approximate surface area is 85.6 Å². The van der Waals surface area contributed by atoms with Crippen LogP contribution in [-0.4, -0.2) is 67.6 Å². The highest BCUT2D eigenvalue weighted by molar-refractivity contribution is 8.00. The first-order chi connectivity index (χ1) is 6.22. The SMILES string of the molecule is CN(C)CCN1CCSC(CN)C1. The summed E-state index contributed by atoms with van der Waals surface area (Å²) >= 11 is 2.02. The number of thioether (sulfide) groups is 1. The third-order valence-electron chi connectivity index (χ3n) is 2.35. The summed E-state index contributed by atoms with van der Waals surface area (Å²) in [6, 6.07) is 0. The van der Waals surface area contributed by atoms with Crippen molar-refractivity contribution in [3.05, 3.63) is 0 Å². The van der Waals surface area contributed by atoms with Crippen LogP contribution in [0.2, 0.25) is 0 Å². The van der Waals surface area contributed by atoms with Gasteiger partial charge in [-0.05, 0) is 14.1 Å². The highest BCUT2D eigenvalue weighted by atomic mass is 32.2. The first kappa shape index (κ1) is 11.3. The van der Waals surface area contributed by atoms with Gasteiger partial charge < -0.3 is 15.5 Å². The van der Waals surface area contributed by atoms with Gasteiger partial charge in [0.1, 0.15) is 0 Å². The first-order valence-corrected chi connectivity index (χ1v) is 5.96. The lowest BCUT2D eigenvalue weighted by Crippen LogP contribution is -2.43. The lowest BCUT2D eigenvalue weighted by molar-refractivity contribution is 0.248. The molecule has 0 bridgehead atoms. The fourth-order valence-corrected chi connectivity index (χ4v) is 2.62. The minimum absolute atomic E-state index is 0.663. The van der Waals surface area contributed by atoms with Gasteiger partial charge in [-0.1, -0.05) is 0 Å². The van der Waals surface area contributed by atoms with E-state index in [1.54, 1.807) is 0 Å². The van der Waals surface area contributed by atoms with Crippen molar-refractivity contribution < 1.29 is 0 Å². The number of hydrogen-bond donors (Lipinski definition) is 1. The van der Waals surface area contributed by atoms with E-state index < -0.39 is 0 Å². The second-order valence-corrected chi connectivity index (χ2v) is 5.24. The third-order valence-corrected chi connectivity index (χ3v) is 3.58. The van der Waals surface area contributed by atoms with Crippen molar-refractivity contribution in [1.82, 2.24) is 9.80 Å². The minimum atomic E-state index is 0.663. The van der Waals surface area contributed by atoms with Crippen LogP contribution in [0.1, 0.15) is 0 Å². The maximum Gasteiger partial charge on any atom is 0.0298 e. The van der Waals surface area contributed by atoms with Crippen molar-refractivity contribution in [2.75, 3.05) is 52.6 Å². The highest BCUT2D eigenvalue weighted by Gasteiger charge is 2.18. The Kier molecular flexibility index (Phi) is 5.09. The number of nitrogens with two attached hydrogens (primary N) is 1. The van der Waals surface area contributed by atoms with E-state index in [-0.39, 0.29) is 0 Å². The summed E-state index contributed by atoms with van der Waals surface area (Å²) in [5.74, 6) is 1.25. The molecule has 0 aromatic rings. The Morgan fingerprint density at radius 1 is 1.54 bits per heavy atom. The van der Waals surface area contributed by atoms with E-state index >= 15 is 0 Å². The van der Waals surface area contributed by atoms with Gasteiger partial charge in [-0.3, -0.25) is 0 Å². The molecule has 0 saturated carbocycles. The molecule has 0 radical (unpaired) electrons. The number of likely N-dealkylation sites (N-methyl/N-ethyl adjacent to an activating group) is 1. The summed E-state index contributed by atoms with van der Waals surface area (Å²) < 4.78 is 0. The third kappa shape index (κ3) is 4.31. The standard InChI is InChI=1S/C9H21N3S/c1-11(2)3-4-12-5-6-13-9(7-10)8-12/h9H,3-8,10H2,1-2H3. The summed E-state index contributed by atoms with van der Waals surface area (Å²) in [5.41, 5.74) is 5.66. The zero-order valence-electron chi connectivity index (χ0n) is 8.70. The molecule has 1 saturated heterocycles. The zero-order chi connectivity index (χ0) is 9.68. The highest BCUT2D eigenvalue weighted by Crippen LogP contribution is 2.16. The Balaban J connectivity index is 2.18. The Morgan fingerprint density at radius 2 is 2.31 bits per heavy atom. The van der Waals surface area contributed by atoms with Crippen molar-refractivity contribution in [3.8, 4) is 0 Å². The number of nitrogens with zero attached hydrogens (tertiary/aromatic N) is 2. The molecule has 1 aliphatic heterocycles. The monoisotopic (exact) mass is 203 g/mol. The summed E-state index contributed by atoms with van der Waals surface area (Å²) in [7, 11) is 4.25. The summed E-state index contributed by atoms with van der Waals surface area (Å²) in [6.45, 7) is 5.57. The van der Waals surface area contributed by atoms with Gasteiger partial charge in [0, 0.05) is 43.7 Å². The maximum atomic E-state index is 5.66. The predicted molar refractivity (Wildman–Crippen MR) is 60.3 cm³/mol. The molecule has 78 valence electrons. The van der Waals surface area contributed by atoms with E-state index in [9.17, 15) is 0 Å². The Hall–Kier alpha value is 0.230. The second-order valence-electron chi connectivity index (χ2n) is 3.83. The molecule has 2 N–H and O–H groups in total. The number of rotatable bonds is 4. The van der Waals surface area contributed by atoms with Crippen molar-refractivity contribution in [2.45, 2.75) is 5.25 Å². The van der Waals surface area contributed by atoms with Gasteiger partial charge in [0.15, 0.2) is 0 Å². The van der Waals surface area contributed by atoms with Gasteiger partial charge in [0.05, 0.1) is 0 Å². The lowest BCUT2D eigenvalue weighted by Gasteiger charge is -2.32. The second kappa shape index (κ2) is 5.86. The van der Waals surface area contributed by atoms with E-state index in [0.717, 1.165) is 13.1 Å². The van der Waals surface area contributed by atoms with Gasteiger partial charge in [-0.2, -0.15) is 11.8 Å². The largest absolute Gasteiger partial charge is 0.329 e. The molecule has 1 unspecified atom stereocenters. The van der Waals surface area contributed by atoms with Crippen molar-refractivity contribution in [3.63, 3.8) is 0 Å². The molecule has 1 heterocycles. The van der Waals surface area contributed by atoms with Gasteiger partial charge in [0.2, 0.25) is 0 Å². The fourth-order valence-electron chi connectivity index (χ4n) is 1.47. The molecule has 1 aliphatic rings. The number of hydrogen-bond acceptors (Lipinski definition) is 4. The van der Waals surface area contributed by atoms with Crippen molar-refractivity contribution >= 4 is 11.8 Å². The van der Waals surface area contributed by atoms with Crippen LogP contribution < -0.4 is 5.73 Å². The van der Waals surface area contributed by atoms with Crippen LogP contribution >= 0.6 is 11.8 Å². The maximum absolute atomic E-state index is 5.66. The van der Waals surface area contributed by atoms with E-state index in [4.69, 9.17) is 5.73 Å². The fraction of sp³-hybridized carbons (Fsp3) is 1.00. The summed E-state index contributed by atoms with van der Waals surface area (Å²) in [5, 5.41) is 0.663. The topological polar surface area (TPSA) is 32.5 Å². The molecule has 3 nitrogen and oxygen atoms in total. The minimum Gasteiger partial charge on any atom is -0.329 e. The average Bonchev–Trinajstić information content (AvgIpc) is 2.15. The van der Waals surface area contributed by atoms with Crippen LogP contribution in [0.5, 0.6) is 0 Å². The average molecular weight is 203 g/mol. The molecule has 1 rings (SSSR count). The van der Waals surface area contributed by atoms with E-state index in [2.05, 4.69) is 23.9 Å². The van der Waals surface area contributed by atoms with Gasteiger partial charge in [-0.25, -0.2) is 0 Å². The molecule has 0 amide bonds. The van der Waals surface area contributed by atoms with Crippen LogP contribution in [0.15, 0.2) is 0 Å². The van der Waals surface area contributed by atoms with E-state index in [1.165, 1.54) is 25.4 Å². The molecule has 0 aromatic carbocycles. The van der Waals surface area contributed by atoms with Crippen LogP contribution in [0.3, 0.4) is 0 Å². The van der Waals surface area contributed by atoms with Crippen molar-refractivity contribution in [1.29, 1.82) is 0 Å². The normalized spacial score (nSPS) is 25.4. The summed E-state index contributed by atoms with van der Waals surface area (Å²) in [4.78, 5) is 4.76. The van der Waals surface area contributed by atoms with E-state index in [1.807, 2.05) is 11.8 Å². The van der Waals surface area contributed by atoms with Gasteiger partial charge in [-0.15, -0.1) is 0 Å². The lowest BCUT2D eigenvalue weighted by atomic mass is 10.3. The van der Waals surface area contributed by atoms with Crippen molar-refractivity contribution in [2.24, 2.45) is 5.73 Å². The van der Waals surface area contributed by atoms with Crippen LogP contribution in [0, 0.1) is 0 Å². The molecular weight excluding hydrogens is 182 g/mol. The molecule has 1 atom stereocenters. The molecular formula is C9H21N3S. The molecule has 4 heteroatoms. The Bertz CT molecular complexity index is 141. The smallest absolute Gasteiger partial charge is 0.0298 e. The zero-order valence-corrected chi connectivity index (χ0v) is 9.52. The van der Waals surface area contributed by atoms with Crippen LogP contribution in [-0.2, 0) is 0 Å². The van der Waals surface area contributed by atoms with Crippen LogP contribution in [0.25, 0.3) is 0 Å².